The molecule has 0 aliphatic heterocycles. The second-order valence-corrected chi connectivity index (χ2v) is 17.5. The van der Waals surface area contributed by atoms with Crippen molar-refractivity contribution in [1.82, 2.24) is 14.1 Å². The first kappa shape index (κ1) is 38.8. The molecule has 1 heterocycles. The Hall–Kier alpha value is -3.46. The van der Waals surface area contributed by atoms with Gasteiger partial charge in [-0.25, -0.2) is 17.9 Å². The quantitative estimate of drug-likeness (QED) is 0.175. The normalized spacial score (nSPS) is 17.0. The van der Waals surface area contributed by atoms with Crippen molar-refractivity contribution in [3.63, 3.8) is 0 Å². The minimum atomic E-state index is -3.12. The summed E-state index contributed by atoms with van der Waals surface area (Å²) in [5.41, 5.74) is 1.66. The van der Waals surface area contributed by atoms with E-state index in [2.05, 4.69) is 0 Å². The van der Waals surface area contributed by atoms with Crippen LogP contribution in [0.1, 0.15) is 61.7 Å². The third kappa shape index (κ3) is 8.29. The molecule has 5 rings (SSSR count). The Morgan fingerprint density at radius 2 is 1.51 bits per heavy atom. The summed E-state index contributed by atoms with van der Waals surface area (Å²) in [6.45, 7) is 5.54. The van der Waals surface area contributed by atoms with Crippen LogP contribution in [0.15, 0.2) is 59.5 Å². The number of carbonyl (C=O) groups is 2. The monoisotopic (exact) mass is 763 g/mol. The van der Waals surface area contributed by atoms with Crippen LogP contribution in [0, 0.1) is 11.6 Å². The van der Waals surface area contributed by atoms with E-state index >= 15 is 0 Å². The van der Waals surface area contributed by atoms with Crippen molar-refractivity contribution in [2.75, 3.05) is 28.3 Å². The van der Waals surface area contributed by atoms with Gasteiger partial charge in [0.25, 0.3) is 5.91 Å². The van der Waals surface area contributed by atoms with Crippen molar-refractivity contribution in [2.45, 2.75) is 75.6 Å². The van der Waals surface area contributed by atoms with Crippen LogP contribution in [0.2, 0.25) is 5.02 Å². The lowest BCUT2D eigenvalue weighted by atomic mass is 9.89. The van der Waals surface area contributed by atoms with E-state index in [-0.39, 0.29) is 38.6 Å². The average Bonchev–Trinajstić information content (AvgIpc) is 3.45. The predicted molar refractivity (Wildman–Crippen MR) is 200 cm³/mol. The highest BCUT2D eigenvalue weighted by Crippen LogP contribution is 2.50. The van der Waals surface area contributed by atoms with E-state index in [0.717, 1.165) is 34.6 Å². The number of benzene rings is 3. The Bertz CT molecular complexity index is 1910. The number of amides is 2. The Morgan fingerprint density at radius 3 is 2.08 bits per heavy atom. The molecule has 14 heteroatoms. The number of rotatable bonds is 9. The zero-order valence-corrected chi connectivity index (χ0v) is 32.1. The Balaban J connectivity index is 1.49. The van der Waals surface area contributed by atoms with Crippen LogP contribution in [-0.4, -0.2) is 81.1 Å². The van der Waals surface area contributed by atoms with Gasteiger partial charge in [-0.1, -0.05) is 29.8 Å². The molecular weight excluding hydrogens is 720 g/mol. The Kier molecular flexibility index (Phi) is 11.6. The summed E-state index contributed by atoms with van der Waals surface area (Å²) < 4.78 is 63.5. The summed E-state index contributed by atoms with van der Waals surface area (Å²) in [5.74, 6) is -1.31. The van der Waals surface area contributed by atoms with Crippen LogP contribution >= 0.6 is 33.7 Å². The van der Waals surface area contributed by atoms with Crippen molar-refractivity contribution in [3.05, 3.63) is 81.7 Å². The first-order valence-corrected chi connectivity index (χ1v) is 19.2. The molecule has 0 bridgehead atoms. The number of carbonyl (C=O) groups excluding carboxylic acids is 2. The van der Waals surface area contributed by atoms with Gasteiger partial charge in [-0.05, 0) is 94.0 Å². The summed E-state index contributed by atoms with van der Waals surface area (Å²) in [6.07, 6.45) is 1.89. The molecule has 0 spiro atoms. The molecule has 0 atom stereocenters. The molecule has 0 saturated heterocycles. The highest BCUT2D eigenvalue weighted by Gasteiger charge is 2.36. The number of fused-ring (bicyclic) bond motifs is 1. The average molecular weight is 764 g/mol. The fraction of sp³-hybridized carbons (Fsp3) is 0.405. The maximum atomic E-state index is 14.9. The van der Waals surface area contributed by atoms with Gasteiger partial charge in [0.2, 0.25) is 0 Å². The molecule has 2 N–H and O–H groups in total. The lowest BCUT2D eigenvalue weighted by Crippen LogP contribution is -2.47. The Labute approximate surface area is 308 Å². The molecule has 1 aliphatic rings. The van der Waals surface area contributed by atoms with Gasteiger partial charge >= 0.3 is 6.09 Å². The van der Waals surface area contributed by atoms with Gasteiger partial charge in [-0.3, -0.25) is 13.9 Å². The first-order valence-electron chi connectivity index (χ1n) is 16.5. The molecular formula is C37H44ClF2N3O6S2. The molecule has 1 saturated carbocycles. The zero-order valence-electron chi connectivity index (χ0n) is 29.7. The van der Waals surface area contributed by atoms with Crippen molar-refractivity contribution >= 4 is 55.8 Å². The van der Waals surface area contributed by atoms with Crippen molar-refractivity contribution in [1.29, 1.82) is 0 Å². The molecule has 276 valence electrons. The number of thiophene rings is 1. The number of ether oxygens (including phenoxy) is 2. The highest BCUT2D eigenvalue weighted by atomic mass is 35.5. The van der Waals surface area contributed by atoms with Gasteiger partial charge in [0.1, 0.15) is 27.9 Å². The van der Waals surface area contributed by atoms with Crippen molar-refractivity contribution < 1.29 is 36.9 Å². The van der Waals surface area contributed by atoms with Crippen LogP contribution in [-0.2, 0) is 11.3 Å². The van der Waals surface area contributed by atoms with E-state index in [4.69, 9.17) is 21.1 Å². The van der Waals surface area contributed by atoms with Crippen LogP contribution in [0.5, 0.6) is 5.75 Å². The molecule has 0 radical (unpaired) electrons. The summed E-state index contributed by atoms with van der Waals surface area (Å²) in [4.78, 5) is 31.1. The lowest BCUT2D eigenvalue weighted by Gasteiger charge is -2.40. The van der Waals surface area contributed by atoms with Gasteiger partial charge < -0.3 is 19.3 Å². The van der Waals surface area contributed by atoms with Crippen LogP contribution < -0.4 is 4.74 Å². The summed E-state index contributed by atoms with van der Waals surface area (Å²) >= 11 is 7.46. The summed E-state index contributed by atoms with van der Waals surface area (Å²) in [5, 5.41) is -0.258. The molecule has 2 amide bonds. The van der Waals surface area contributed by atoms with E-state index in [1.54, 1.807) is 61.3 Å². The largest absolute Gasteiger partial charge is 0.496 e. The fourth-order valence-corrected chi connectivity index (χ4v) is 8.71. The van der Waals surface area contributed by atoms with E-state index < -0.39 is 40.0 Å². The fourth-order valence-electron chi connectivity index (χ4n) is 6.28. The van der Waals surface area contributed by atoms with E-state index in [9.17, 15) is 27.5 Å². The standard InChI is InChI=1S/C37H44ClF2N3O6S2/c1-37(2,3)49-36(45)42(6)25-11-13-26(14-12-25)43(35(44)34-32(38)31-28(39)17-18-29(40)33(31)50-34)21-24-20-23(10-19-30(24)48-7)22-8-15-27(16-9-22)51(46,47)41(4)5/h8-10,15-20,25-26,46-47H,11-14,21H2,1-7H3. The number of hydrogen-bond donors (Lipinski definition) is 2. The predicted octanol–water partition coefficient (Wildman–Crippen LogP) is 9.92. The Morgan fingerprint density at radius 1 is 0.922 bits per heavy atom. The minimum Gasteiger partial charge on any atom is -0.496 e. The molecule has 51 heavy (non-hydrogen) atoms. The van der Waals surface area contributed by atoms with Crippen LogP contribution in [0.3, 0.4) is 0 Å². The minimum absolute atomic E-state index is 0.0279. The van der Waals surface area contributed by atoms with Crippen molar-refractivity contribution in [3.8, 4) is 16.9 Å². The molecule has 0 unspecified atom stereocenters. The SMILES string of the molecule is COc1ccc(-c2ccc(S(O)(O)N(C)C)cc2)cc1CN(C(=O)c1sc2c(F)ccc(F)c2c1Cl)C1CCC(N(C)C(=O)OC(C)(C)C)CC1. The summed E-state index contributed by atoms with van der Waals surface area (Å²) in [7, 11) is 3.33. The zero-order chi connectivity index (χ0) is 37.4. The van der Waals surface area contributed by atoms with Crippen LogP contribution in [0.25, 0.3) is 21.2 Å². The van der Waals surface area contributed by atoms with Crippen molar-refractivity contribution in [2.24, 2.45) is 0 Å². The third-order valence-corrected chi connectivity index (χ3v) is 12.7. The molecule has 4 aromatic rings. The van der Waals surface area contributed by atoms with Gasteiger partial charge in [0.05, 0.1) is 27.1 Å². The number of methoxy groups -OCH3 is 1. The molecule has 1 aliphatic carbocycles. The maximum absolute atomic E-state index is 14.9. The topological polar surface area (TPSA) is 103 Å². The number of halogens is 3. The summed E-state index contributed by atoms with van der Waals surface area (Å²) in [6, 6.07) is 14.1. The third-order valence-electron chi connectivity index (χ3n) is 9.11. The number of nitrogens with zero attached hydrogens (tertiary/aromatic N) is 3. The smallest absolute Gasteiger partial charge is 0.410 e. The molecule has 1 fully saturated rings. The van der Waals surface area contributed by atoms with Gasteiger partial charge in [-0.15, -0.1) is 22.1 Å². The molecule has 1 aromatic heterocycles. The van der Waals surface area contributed by atoms with Gasteiger partial charge in [-0.2, -0.15) is 0 Å². The molecule has 9 nitrogen and oxygen atoms in total. The maximum Gasteiger partial charge on any atom is 0.410 e. The second kappa shape index (κ2) is 15.3. The van der Waals surface area contributed by atoms with E-state index in [0.29, 0.717) is 41.9 Å². The molecule has 3 aromatic carbocycles. The van der Waals surface area contributed by atoms with Gasteiger partial charge in [0.15, 0.2) is 0 Å². The van der Waals surface area contributed by atoms with E-state index in [1.807, 2.05) is 32.9 Å². The second-order valence-electron chi connectivity index (χ2n) is 13.8. The van der Waals surface area contributed by atoms with Crippen LogP contribution in [0.4, 0.5) is 13.6 Å². The highest BCUT2D eigenvalue weighted by molar-refractivity contribution is 8.22. The first-order chi connectivity index (χ1) is 23.9. The van der Waals surface area contributed by atoms with E-state index in [1.165, 1.54) is 11.4 Å². The van der Waals surface area contributed by atoms with Gasteiger partial charge in [0, 0.05) is 45.3 Å². The number of hydrogen-bond acceptors (Lipinski definition) is 8. The lowest BCUT2D eigenvalue weighted by molar-refractivity contribution is 0.0144.